The second-order valence-corrected chi connectivity index (χ2v) is 5.76. The van der Waals surface area contributed by atoms with Crippen LogP contribution in [0.3, 0.4) is 0 Å². The van der Waals surface area contributed by atoms with Gasteiger partial charge in [0.25, 0.3) is 0 Å². The molecule has 24 heavy (non-hydrogen) atoms. The van der Waals surface area contributed by atoms with Crippen LogP contribution < -0.4 is 5.43 Å². The molecule has 0 aliphatic carbocycles. The summed E-state index contributed by atoms with van der Waals surface area (Å²) in [5, 5.41) is 0.550. The Kier molecular flexibility index (Phi) is 4.25. The zero-order valence-electron chi connectivity index (χ0n) is 14.1. The van der Waals surface area contributed by atoms with Crippen molar-refractivity contribution < 1.29 is 9.53 Å². The van der Waals surface area contributed by atoms with Crippen LogP contribution >= 0.6 is 0 Å². The monoisotopic (exact) mass is 324 g/mol. The lowest BCUT2D eigenvalue weighted by Gasteiger charge is -2.09. The van der Waals surface area contributed by atoms with E-state index in [0.717, 1.165) is 22.5 Å². The maximum atomic E-state index is 12.7. The fourth-order valence-electron chi connectivity index (χ4n) is 2.96. The van der Waals surface area contributed by atoms with Gasteiger partial charge in [-0.3, -0.25) is 4.79 Å². The van der Waals surface area contributed by atoms with Gasteiger partial charge in [0, 0.05) is 18.4 Å². The number of fused-ring (bicyclic) bond motifs is 1. The minimum absolute atomic E-state index is 0.0457. The largest absolute Gasteiger partial charge is 0.462 e. The summed E-state index contributed by atoms with van der Waals surface area (Å²) in [4.78, 5) is 27.8. The van der Waals surface area contributed by atoms with Crippen molar-refractivity contribution in [3.63, 3.8) is 0 Å². The summed E-state index contributed by atoms with van der Waals surface area (Å²) in [7, 11) is 0. The highest BCUT2D eigenvalue weighted by Gasteiger charge is 2.20. The second-order valence-electron chi connectivity index (χ2n) is 5.76. The average molecular weight is 324 g/mol. The van der Waals surface area contributed by atoms with Gasteiger partial charge < -0.3 is 14.3 Å². The van der Waals surface area contributed by atoms with E-state index in [2.05, 4.69) is 9.55 Å². The van der Waals surface area contributed by atoms with E-state index in [4.69, 9.17) is 4.74 Å². The van der Waals surface area contributed by atoms with Crippen LogP contribution in [0.2, 0.25) is 0 Å². The van der Waals surface area contributed by atoms with Gasteiger partial charge in [0.2, 0.25) is 5.43 Å². The summed E-state index contributed by atoms with van der Waals surface area (Å²) >= 11 is 0. The number of hydrogen-bond donors (Lipinski definition) is 1. The zero-order valence-corrected chi connectivity index (χ0v) is 14.1. The van der Waals surface area contributed by atoms with E-state index in [-0.39, 0.29) is 17.6 Å². The fraction of sp³-hybridized carbons (Fsp3) is 0.263. The standard InChI is InChI=1S/C19H20N2O3/c1-4-24-19(23)15-10-20-18-16(17(15)22)12(2)13(3)21(18)11-14-8-6-5-7-9-14/h5-10H,4,11H2,1-3H3,(H,20,22). The van der Waals surface area contributed by atoms with Crippen LogP contribution in [-0.2, 0) is 11.3 Å². The van der Waals surface area contributed by atoms with E-state index in [0.29, 0.717) is 11.9 Å². The number of nitrogens with zero attached hydrogens (tertiary/aromatic N) is 1. The third-order valence-electron chi connectivity index (χ3n) is 4.33. The van der Waals surface area contributed by atoms with Gasteiger partial charge in [0.05, 0.1) is 12.0 Å². The summed E-state index contributed by atoms with van der Waals surface area (Å²) in [5.41, 5.74) is 3.52. The van der Waals surface area contributed by atoms with E-state index < -0.39 is 5.97 Å². The number of hydrogen-bond acceptors (Lipinski definition) is 3. The number of aromatic nitrogens is 2. The van der Waals surface area contributed by atoms with Crippen LogP contribution in [0.25, 0.3) is 11.0 Å². The SMILES string of the molecule is CCOC(=O)c1c[nH]c2c(c(C)c(C)n2Cc2ccccc2)c1=O. The molecular formula is C19H20N2O3. The van der Waals surface area contributed by atoms with Gasteiger partial charge in [-0.2, -0.15) is 0 Å². The molecule has 0 aliphatic rings. The molecule has 0 saturated carbocycles. The van der Waals surface area contributed by atoms with Crippen molar-refractivity contribution in [3.05, 3.63) is 69.1 Å². The number of aromatic amines is 1. The minimum Gasteiger partial charge on any atom is -0.462 e. The Hall–Kier alpha value is -2.82. The molecule has 0 amide bonds. The molecule has 0 aliphatic heterocycles. The lowest BCUT2D eigenvalue weighted by molar-refractivity contribution is 0.0524. The van der Waals surface area contributed by atoms with Crippen molar-refractivity contribution in [1.82, 2.24) is 9.55 Å². The van der Waals surface area contributed by atoms with Crippen molar-refractivity contribution in [2.24, 2.45) is 0 Å². The number of carbonyl (C=O) groups is 1. The third-order valence-corrected chi connectivity index (χ3v) is 4.33. The first-order valence-electron chi connectivity index (χ1n) is 7.96. The normalized spacial score (nSPS) is 11.0. The predicted molar refractivity (Wildman–Crippen MR) is 93.5 cm³/mol. The van der Waals surface area contributed by atoms with E-state index in [9.17, 15) is 9.59 Å². The van der Waals surface area contributed by atoms with Crippen molar-refractivity contribution in [2.75, 3.05) is 6.61 Å². The Bertz CT molecular complexity index is 952. The summed E-state index contributed by atoms with van der Waals surface area (Å²) in [6.45, 7) is 6.50. The lowest BCUT2D eigenvalue weighted by atomic mass is 10.1. The Morgan fingerprint density at radius 2 is 1.92 bits per heavy atom. The molecule has 1 N–H and O–H groups in total. The first-order valence-corrected chi connectivity index (χ1v) is 7.96. The van der Waals surface area contributed by atoms with Gasteiger partial charge in [-0.05, 0) is 31.9 Å². The summed E-state index contributed by atoms with van der Waals surface area (Å²) in [5.74, 6) is -0.589. The van der Waals surface area contributed by atoms with Crippen LogP contribution in [0, 0.1) is 13.8 Å². The van der Waals surface area contributed by atoms with Crippen molar-refractivity contribution in [3.8, 4) is 0 Å². The summed E-state index contributed by atoms with van der Waals surface area (Å²) in [6.07, 6.45) is 1.45. The van der Waals surface area contributed by atoms with Crippen molar-refractivity contribution in [2.45, 2.75) is 27.3 Å². The Morgan fingerprint density at radius 1 is 1.21 bits per heavy atom. The molecular weight excluding hydrogens is 304 g/mol. The number of pyridine rings is 1. The molecule has 5 heteroatoms. The topological polar surface area (TPSA) is 64.1 Å². The number of carbonyl (C=O) groups excluding carboxylic acids is 1. The van der Waals surface area contributed by atoms with Crippen LogP contribution in [0.1, 0.15) is 34.1 Å². The predicted octanol–water partition coefficient (Wildman–Crippen LogP) is 3.17. The molecule has 2 heterocycles. The number of rotatable bonds is 4. The van der Waals surface area contributed by atoms with Crippen molar-refractivity contribution >= 4 is 17.0 Å². The zero-order chi connectivity index (χ0) is 17.3. The smallest absolute Gasteiger partial charge is 0.343 e. The van der Waals surface area contributed by atoms with Gasteiger partial charge >= 0.3 is 5.97 Å². The molecule has 0 bridgehead atoms. The highest BCUT2D eigenvalue weighted by atomic mass is 16.5. The molecule has 2 aromatic heterocycles. The number of nitrogens with one attached hydrogen (secondary N) is 1. The molecule has 0 unspecified atom stereocenters. The van der Waals surface area contributed by atoms with Gasteiger partial charge in [-0.25, -0.2) is 4.79 Å². The van der Waals surface area contributed by atoms with Gasteiger partial charge in [-0.15, -0.1) is 0 Å². The third kappa shape index (κ3) is 2.62. The molecule has 1 aromatic carbocycles. The quantitative estimate of drug-likeness (QED) is 0.750. The molecule has 0 fully saturated rings. The summed E-state index contributed by atoms with van der Waals surface area (Å²) in [6, 6.07) is 10.1. The van der Waals surface area contributed by atoms with Crippen LogP contribution in [0.4, 0.5) is 0 Å². The van der Waals surface area contributed by atoms with Gasteiger partial charge in [0.15, 0.2) is 0 Å². The molecule has 124 valence electrons. The van der Waals surface area contributed by atoms with E-state index in [1.165, 1.54) is 6.20 Å². The van der Waals surface area contributed by atoms with E-state index in [1.54, 1.807) is 6.92 Å². The number of ether oxygens (including phenoxy) is 1. The highest BCUT2D eigenvalue weighted by molar-refractivity contribution is 5.94. The highest BCUT2D eigenvalue weighted by Crippen LogP contribution is 2.22. The molecule has 0 saturated heterocycles. The number of esters is 1. The molecule has 0 spiro atoms. The molecule has 3 rings (SSSR count). The molecule has 5 nitrogen and oxygen atoms in total. The lowest BCUT2D eigenvalue weighted by Crippen LogP contribution is -2.18. The van der Waals surface area contributed by atoms with E-state index >= 15 is 0 Å². The van der Waals surface area contributed by atoms with Gasteiger partial charge in [-0.1, -0.05) is 30.3 Å². The summed E-state index contributed by atoms with van der Waals surface area (Å²) < 4.78 is 7.03. The van der Waals surface area contributed by atoms with E-state index in [1.807, 2.05) is 44.2 Å². The van der Waals surface area contributed by atoms with Gasteiger partial charge in [0.1, 0.15) is 11.2 Å². The maximum Gasteiger partial charge on any atom is 0.343 e. The fourth-order valence-corrected chi connectivity index (χ4v) is 2.96. The van der Waals surface area contributed by atoms with Crippen LogP contribution in [-0.4, -0.2) is 22.1 Å². The maximum absolute atomic E-state index is 12.7. The Morgan fingerprint density at radius 3 is 2.58 bits per heavy atom. The first kappa shape index (κ1) is 16.1. The van der Waals surface area contributed by atoms with Crippen LogP contribution in [0.15, 0.2) is 41.3 Å². The molecule has 3 aromatic rings. The molecule has 0 radical (unpaired) electrons. The van der Waals surface area contributed by atoms with Crippen LogP contribution in [0.5, 0.6) is 0 Å². The number of benzene rings is 1. The number of aryl methyl sites for hydroxylation is 1. The first-order chi connectivity index (χ1) is 11.5. The molecule has 0 atom stereocenters. The average Bonchev–Trinajstić information content (AvgIpc) is 2.82. The Labute approximate surface area is 139 Å². The van der Waals surface area contributed by atoms with Crippen molar-refractivity contribution in [1.29, 1.82) is 0 Å². The number of H-pyrrole nitrogens is 1. The Balaban J connectivity index is 2.16. The minimum atomic E-state index is -0.589. The second kappa shape index (κ2) is 6.35.